The topological polar surface area (TPSA) is 41.1 Å². The maximum atomic E-state index is 4.73. The number of aromatic nitrogens is 2. The number of nitrogens with zero attached hydrogens (tertiary/aromatic N) is 3. The zero-order valence-corrected chi connectivity index (χ0v) is 11.0. The Kier molecular flexibility index (Phi) is 3.94. The van der Waals surface area contributed by atoms with E-state index in [1.54, 1.807) is 0 Å². The molecule has 94 valence electrons. The molecule has 1 N–H and O–H groups in total. The molecule has 1 atom stereocenters. The first-order valence-corrected chi connectivity index (χ1v) is 6.58. The first-order valence-electron chi connectivity index (χ1n) is 6.58. The minimum Gasteiger partial charge on any atom is -0.341 e. The van der Waals surface area contributed by atoms with Crippen LogP contribution in [0.5, 0.6) is 0 Å². The molecule has 0 aromatic carbocycles. The second-order valence-corrected chi connectivity index (χ2v) is 4.48. The summed E-state index contributed by atoms with van der Waals surface area (Å²) in [7, 11) is 2.01. The first kappa shape index (κ1) is 12.3. The van der Waals surface area contributed by atoms with Crippen molar-refractivity contribution in [2.75, 3.05) is 25.0 Å². The minimum absolute atomic E-state index is 0.435. The fraction of sp³-hybridized carbons (Fsp3) is 0.692. The largest absolute Gasteiger partial charge is 0.341 e. The standard InChI is InChI=1S/C13H22N4/c1-4-17(5-2)13-15-9-10-11(14-3)7-6-8-12(10)16-13/h9,11,14H,4-8H2,1-3H3. The maximum Gasteiger partial charge on any atom is 0.225 e. The van der Waals surface area contributed by atoms with Crippen LogP contribution in [0.1, 0.15) is 44.0 Å². The third-order valence-electron chi connectivity index (χ3n) is 3.56. The lowest BCUT2D eigenvalue weighted by molar-refractivity contribution is 0.487. The number of fused-ring (bicyclic) bond motifs is 1. The van der Waals surface area contributed by atoms with Gasteiger partial charge in [0.15, 0.2) is 0 Å². The predicted molar refractivity (Wildman–Crippen MR) is 70.3 cm³/mol. The summed E-state index contributed by atoms with van der Waals surface area (Å²) in [6, 6.07) is 0.435. The molecule has 0 aliphatic heterocycles. The van der Waals surface area contributed by atoms with Gasteiger partial charge in [-0.1, -0.05) is 0 Å². The van der Waals surface area contributed by atoms with E-state index in [1.165, 1.54) is 24.1 Å². The van der Waals surface area contributed by atoms with Crippen LogP contribution in [-0.4, -0.2) is 30.1 Å². The Bertz CT molecular complexity index is 374. The fourth-order valence-electron chi connectivity index (χ4n) is 2.50. The Hall–Kier alpha value is -1.16. The van der Waals surface area contributed by atoms with E-state index < -0.39 is 0 Å². The van der Waals surface area contributed by atoms with E-state index in [4.69, 9.17) is 4.98 Å². The summed E-state index contributed by atoms with van der Waals surface area (Å²) in [4.78, 5) is 11.4. The Morgan fingerprint density at radius 1 is 1.41 bits per heavy atom. The van der Waals surface area contributed by atoms with Crippen LogP contribution in [0, 0.1) is 0 Å². The summed E-state index contributed by atoms with van der Waals surface area (Å²) < 4.78 is 0. The van der Waals surface area contributed by atoms with Gasteiger partial charge in [-0.2, -0.15) is 0 Å². The van der Waals surface area contributed by atoms with Crippen LogP contribution in [0.2, 0.25) is 0 Å². The zero-order valence-electron chi connectivity index (χ0n) is 11.0. The second kappa shape index (κ2) is 5.45. The molecule has 1 heterocycles. The molecule has 0 saturated carbocycles. The monoisotopic (exact) mass is 234 g/mol. The van der Waals surface area contributed by atoms with Gasteiger partial charge in [-0.3, -0.25) is 0 Å². The van der Waals surface area contributed by atoms with Crippen molar-refractivity contribution in [3.63, 3.8) is 0 Å². The van der Waals surface area contributed by atoms with Crippen molar-refractivity contribution in [1.29, 1.82) is 0 Å². The van der Waals surface area contributed by atoms with Gasteiger partial charge < -0.3 is 10.2 Å². The van der Waals surface area contributed by atoms with Gasteiger partial charge in [-0.15, -0.1) is 0 Å². The summed E-state index contributed by atoms with van der Waals surface area (Å²) in [6.07, 6.45) is 5.51. The molecule has 2 rings (SSSR count). The molecule has 1 aliphatic carbocycles. The molecule has 1 aromatic heterocycles. The number of hydrogen-bond donors (Lipinski definition) is 1. The molecule has 0 saturated heterocycles. The number of nitrogens with one attached hydrogen (secondary N) is 1. The average Bonchev–Trinajstić information content (AvgIpc) is 2.39. The molecule has 1 aromatic rings. The smallest absolute Gasteiger partial charge is 0.225 e. The van der Waals surface area contributed by atoms with Gasteiger partial charge >= 0.3 is 0 Å². The maximum absolute atomic E-state index is 4.73. The van der Waals surface area contributed by atoms with Crippen molar-refractivity contribution >= 4 is 5.95 Å². The summed E-state index contributed by atoms with van der Waals surface area (Å²) >= 11 is 0. The fourth-order valence-corrected chi connectivity index (χ4v) is 2.50. The molecule has 17 heavy (non-hydrogen) atoms. The van der Waals surface area contributed by atoms with Crippen molar-refractivity contribution < 1.29 is 0 Å². The van der Waals surface area contributed by atoms with Crippen LogP contribution in [0.25, 0.3) is 0 Å². The highest BCUT2D eigenvalue weighted by molar-refractivity contribution is 5.35. The van der Waals surface area contributed by atoms with Gasteiger partial charge in [0.05, 0.1) is 5.69 Å². The van der Waals surface area contributed by atoms with Crippen LogP contribution < -0.4 is 10.2 Å². The first-order chi connectivity index (χ1) is 8.30. The van der Waals surface area contributed by atoms with Crippen LogP contribution in [0.15, 0.2) is 6.20 Å². The van der Waals surface area contributed by atoms with E-state index in [2.05, 4.69) is 29.0 Å². The molecule has 4 heteroatoms. The number of hydrogen-bond acceptors (Lipinski definition) is 4. The molecule has 1 aliphatic rings. The van der Waals surface area contributed by atoms with E-state index in [0.29, 0.717) is 6.04 Å². The van der Waals surface area contributed by atoms with Crippen LogP contribution >= 0.6 is 0 Å². The van der Waals surface area contributed by atoms with E-state index in [1.807, 2.05) is 13.2 Å². The molecule has 1 unspecified atom stereocenters. The highest BCUT2D eigenvalue weighted by atomic mass is 15.2. The summed E-state index contributed by atoms with van der Waals surface area (Å²) in [6.45, 7) is 6.21. The Morgan fingerprint density at radius 3 is 2.82 bits per heavy atom. The van der Waals surface area contributed by atoms with E-state index >= 15 is 0 Å². The molecule has 4 nitrogen and oxygen atoms in total. The molecule has 0 amide bonds. The highest BCUT2D eigenvalue weighted by Crippen LogP contribution is 2.28. The highest BCUT2D eigenvalue weighted by Gasteiger charge is 2.21. The van der Waals surface area contributed by atoms with Crippen LogP contribution in [0.3, 0.4) is 0 Å². The summed E-state index contributed by atoms with van der Waals surface area (Å²) in [5, 5.41) is 3.34. The van der Waals surface area contributed by atoms with Crippen molar-refractivity contribution in [2.24, 2.45) is 0 Å². The van der Waals surface area contributed by atoms with Crippen LogP contribution in [0.4, 0.5) is 5.95 Å². The lowest BCUT2D eigenvalue weighted by Crippen LogP contribution is -2.27. The molecule has 0 fully saturated rings. The predicted octanol–water partition coefficient (Wildman–Crippen LogP) is 1.92. The molecule has 0 bridgehead atoms. The second-order valence-electron chi connectivity index (χ2n) is 4.48. The quantitative estimate of drug-likeness (QED) is 0.864. The normalized spacial score (nSPS) is 18.9. The van der Waals surface area contributed by atoms with Gasteiger partial charge in [0.25, 0.3) is 0 Å². The van der Waals surface area contributed by atoms with Crippen molar-refractivity contribution in [2.45, 2.75) is 39.2 Å². The molecular formula is C13H22N4. The lowest BCUT2D eigenvalue weighted by atomic mass is 9.92. The van der Waals surface area contributed by atoms with Gasteiger partial charge in [0, 0.05) is 30.9 Å². The van der Waals surface area contributed by atoms with Crippen molar-refractivity contribution in [3.8, 4) is 0 Å². The summed E-state index contributed by atoms with van der Waals surface area (Å²) in [5.74, 6) is 0.880. The minimum atomic E-state index is 0.435. The Labute approximate surface area is 103 Å². The number of anilines is 1. The Balaban J connectivity index is 2.30. The number of aryl methyl sites for hydroxylation is 1. The van der Waals surface area contributed by atoms with Crippen LogP contribution in [-0.2, 0) is 6.42 Å². The van der Waals surface area contributed by atoms with Gasteiger partial charge in [-0.05, 0) is 40.2 Å². The lowest BCUT2D eigenvalue weighted by Gasteiger charge is -2.26. The van der Waals surface area contributed by atoms with E-state index in [0.717, 1.165) is 25.5 Å². The average molecular weight is 234 g/mol. The SMILES string of the molecule is CCN(CC)c1ncc2c(n1)CCCC2NC. The van der Waals surface area contributed by atoms with Gasteiger partial charge in [0.1, 0.15) is 0 Å². The summed E-state index contributed by atoms with van der Waals surface area (Å²) in [5.41, 5.74) is 2.52. The molecule has 0 radical (unpaired) electrons. The zero-order chi connectivity index (χ0) is 12.3. The van der Waals surface area contributed by atoms with Gasteiger partial charge in [0.2, 0.25) is 5.95 Å². The molecular weight excluding hydrogens is 212 g/mol. The van der Waals surface area contributed by atoms with Crippen molar-refractivity contribution in [3.05, 3.63) is 17.5 Å². The third-order valence-corrected chi connectivity index (χ3v) is 3.56. The van der Waals surface area contributed by atoms with Crippen molar-refractivity contribution in [1.82, 2.24) is 15.3 Å². The number of rotatable bonds is 4. The molecule has 0 spiro atoms. The third kappa shape index (κ3) is 2.41. The van der Waals surface area contributed by atoms with E-state index in [9.17, 15) is 0 Å². The van der Waals surface area contributed by atoms with Gasteiger partial charge in [-0.25, -0.2) is 9.97 Å². The van der Waals surface area contributed by atoms with E-state index in [-0.39, 0.29) is 0 Å². The Morgan fingerprint density at radius 2 is 2.18 bits per heavy atom.